The van der Waals surface area contributed by atoms with Crippen LogP contribution in [-0.4, -0.2) is 42.0 Å². The molecular formula is C23H26FN5O2. The number of benzene rings is 2. The minimum atomic E-state index is -0.641. The Bertz CT molecular complexity index is 1050. The van der Waals surface area contributed by atoms with Gasteiger partial charge in [-0.15, -0.1) is 0 Å². The predicted molar refractivity (Wildman–Crippen MR) is 120 cm³/mol. The summed E-state index contributed by atoms with van der Waals surface area (Å²) in [5.41, 5.74) is 2.02. The van der Waals surface area contributed by atoms with E-state index in [-0.39, 0.29) is 23.3 Å². The lowest BCUT2D eigenvalue weighted by molar-refractivity contribution is -0.118. The minimum Gasteiger partial charge on any atom is -0.322 e. The number of hydrogen-bond acceptors (Lipinski definition) is 4. The number of amides is 2. The van der Waals surface area contributed by atoms with Crippen molar-refractivity contribution in [1.82, 2.24) is 4.90 Å². The number of nitrogens with one attached hydrogen (secondary N) is 3. The molecule has 7 nitrogen and oxygen atoms in total. The molecule has 2 aromatic rings. The number of hydrogen-bond donors (Lipinski definition) is 3. The molecule has 0 aliphatic carbocycles. The van der Waals surface area contributed by atoms with Gasteiger partial charge in [0, 0.05) is 36.4 Å². The molecule has 0 fully saturated rings. The van der Waals surface area contributed by atoms with E-state index in [9.17, 15) is 14.0 Å². The second-order valence-corrected chi connectivity index (χ2v) is 7.78. The van der Waals surface area contributed by atoms with E-state index < -0.39 is 11.7 Å². The van der Waals surface area contributed by atoms with Crippen molar-refractivity contribution in [2.45, 2.75) is 39.2 Å². The largest absolute Gasteiger partial charge is 0.322 e. The lowest BCUT2D eigenvalue weighted by atomic mass is 10.0. The topological polar surface area (TPSA) is 100 Å². The van der Waals surface area contributed by atoms with E-state index in [4.69, 9.17) is 10.8 Å². The zero-order valence-electron chi connectivity index (χ0n) is 17.8. The van der Waals surface area contributed by atoms with Crippen LogP contribution >= 0.6 is 0 Å². The third-order valence-electron chi connectivity index (χ3n) is 5.33. The van der Waals surface area contributed by atoms with E-state index >= 15 is 0 Å². The first-order valence-corrected chi connectivity index (χ1v) is 10.1. The maximum Gasteiger partial charge on any atom is 0.258 e. The first-order chi connectivity index (χ1) is 14.7. The van der Waals surface area contributed by atoms with Crippen LogP contribution in [0.1, 0.15) is 48.2 Å². The second kappa shape index (κ2) is 9.07. The standard InChI is InChI=1S/C23H26FN5O2/c1-14(2)29(13-25)22(26)16-7-4-8-17(10-16)27-23(31)18-12-20-15(11-19(18)24)6-5-9-21(30)28(20)3/h4,7-8,10-14,25-26H,5-6,9H2,1-3H3,(H,27,31). The van der Waals surface area contributed by atoms with Gasteiger partial charge in [0.15, 0.2) is 0 Å². The van der Waals surface area contributed by atoms with E-state index in [1.807, 2.05) is 13.8 Å². The highest BCUT2D eigenvalue weighted by Crippen LogP contribution is 2.29. The maximum atomic E-state index is 14.7. The summed E-state index contributed by atoms with van der Waals surface area (Å²) in [5, 5.41) is 18.5. The maximum absolute atomic E-state index is 14.7. The molecule has 3 N–H and O–H groups in total. The molecule has 2 amide bonds. The first-order valence-electron chi connectivity index (χ1n) is 10.1. The zero-order valence-corrected chi connectivity index (χ0v) is 17.8. The van der Waals surface area contributed by atoms with Crippen molar-refractivity contribution in [2.75, 3.05) is 17.3 Å². The van der Waals surface area contributed by atoms with E-state index in [1.54, 1.807) is 31.3 Å². The third-order valence-corrected chi connectivity index (χ3v) is 5.33. The Balaban J connectivity index is 1.87. The molecular weight excluding hydrogens is 397 g/mol. The summed E-state index contributed by atoms with van der Waals surface area (Å²) < 4.78 is 14.7. The summed E-state index contributed by atoms with van der Waals surface area (Å²) in [6, 6.07) is 9.33. The van der Waals surface area contributed by atoms with Crippen LogP contribution in [0, 0.1) is 16.6 Å². The highest BCUT2D eigenvalue weighted by Gasteiger charge is 2.23. The Hall–Kier alpha value is -3.55. The molecule has 1 aliphatic heterocycles. The molecule has 0 bridgehead atoms. The molecule has 2 aromatic carbocycles. The minimum absolute atomic E-state index is 0.0659. The molecule has 1 heterocycles. The molecule has 0 spiro atoms. The molecule has 0 saturated carbocycles. The van der Waals surface area contributed by atoms with Crippen molar-refractivity contribution in [3.63, 3.8) is 0 Å². The SMILES string of the molecule is CC(C)N(C=N)C(=N)c1cccc(NC(=O)c2cc3c(cc2F)CCCC(=O)N3C)c1. The van der Waals surface area contributed by atoms with Gasteiger partial charge in [0.2, 0.25) is 5.91 Å². The Morgan fingerprint density at radius 3 is 2.68 bits per heavy atom. The number of fused-ring (bicyclic) bond motifs is 1. The lowest BCUT2D eigenvalue weighted by Gasteiger charge is -2.24. The van der Waals surface area contributed by atoms with Crippen LogP contribution in [0.2, 0.25) is 0 Å². The molecule has 0 radical (unpaired) electrons. The lowest BCUT2D eigenvalue weighted by Crippen LogP contribution is -2.35. The third kappa shape index (κ3) is 4.63. The normalized spacial score (nSPS) is 13.5. The fourth-order valence-corrected chi connectivity index (χ4v) is 3.59. The van der Waals surface area contributed by atoms with Crippen LogP contribution in [0.15, 0.2) is 36.4 Å². The number of rotatable bonds is 5. The van der Waals surface area contributed by atoms with Gasteiger partial charge in [0.1, 0.15) is 11.7 Å². The number of halogens is 1. The number of amidine groups is 1. The highest BCUT2D eigenvalue weighted by atomic mass is 19.1. The number of aryl methyl sites for hydroxylation is 1. The van der Waals surface area contributed by atoms with Crippen molar-refractivity contribution >= 4 is 35.4 Å². The number of anilines is 2. The zero-order chi connectivity index (χ0) is 22.7. The Morgan fingerprint density at radius 1 is 1.26 bits per heavy atom. The second-order valence-electron chi connectivity index (χ2n) is 7.78. The van der Waals surface area contributed by atoms with E-state index in [0.29, 0.717) is 41.8 Å². The first kappa shape index (κ1) is 22.1. The average molecular weight is 423 g/mol. The summed E-state index contributed by atoms with van der Waals surface area (Å²) in [7, 11) is 1.63. The van der Waals surface area contributed by atoms with Gasteiger partial charge < -0.3 is 15.1 Å². The van der Waals surface area contributed by atoms with E-state index in [1.165, 1.54) is 21.9 Å². The molecule has 0 atom stereocenters. The van der Waals surface area contributed by atoms with Gasteiger partial charge in [-0.25, -0.2) is 4.39 Å². The van der Waals surface area contributed by atoms with Gasteiger partial charge in [-0.3, -0.25) is 20.4 Å². The van der Waals surface area contributed by atoms with Crippen LogP contribution in [0.25, 0.3) is 0 Å². The Kier molecular flexibility index (Phi) is 6.48. The molecule has 31 heavy (non-hydrogen) atoms. The van der Waals surface area contributed by atoms with Gasteiger partial charge in [0.25, 0.3) is 5.91 Å². The molecule has 0 saturated heterocycles. The molecule has 0 aromatic heterocycles. The fraction of sp³-hybridized carbons (Fsp3) is 0.304. The van der Waals surface area contributed by atoms with E-state index in [2.05, 4.69) is 5.32 Å². The van der Waals surface area contributed by atoms with Crippen molar-refractivity contribution in [1.29, 1.82) is 10.8 Å². The van der Waals surface area contributed by atoms with Gasteiger partial charge in [0.05, 0.1) is 11.9 Å². The van der Waals surface area contributed by atoms with Crippen molar-refractivity contribution in [3.05, 3.63) is 58.9 Å². The Morgan fingerprint density at radius 2 is 2.00 bits per heavy atom. The van der Waals surface area contributed by atoms with Crippen LogP contribution < -0.4 is 10.2 Å². The van der Waals surface area contributed by atoms with Gasteiger partial charge in [-0.05, 0) is 56.5 Å². The number of nitrogens with zero attached hydrogens (tertiary/aromatic N) is 2. The van der Waals surface area contributed by atoms with Gasteiger partial charge in [-0.1, -0.05) is 12.1 Å². The molecule has 162 valence electrons. The summed E-state index contributed by atoms with van der Waals surface area (Å²) >= 11 is 0. The summed E-state index contributed by atoms with van der Waals surface area (Å²) in [4.78, 5) is 27.9. The van der Waals surface area contributed by atoms with E-state index in [0.717, 1.165) is 6.34 Å². The van der Waals surface area contributed by atoms with Crippen LogP contribution in [-0.2, 0) is 11.2 Å². The summed E-state index contributed by atoms with van der Waals surface area (Å²) in [6.07, 6.45) is 2.69. The van der Waals surface area contributed by atoms with Crippen LogP contribution in [0.5, 0.6) is 0 Å². The summed E-state index contributed by atoms with van der Waals surface area (Å²) in [6.45, 7) is 3.74. The van der Waals surface area contributed by atoms with Crippen molar-refractivity contribution in [2.24, 2.45) is 0 Å². The molecule has 1 aliphatic rings. The van der Waals surface area contributed by atoms with Gasteiger partial charge in [-0.2, -0.15) is 0 Å². The van der Waals surface area contributed by atoms with Crippen LogP contribution in [0.4, 0.5) is 15.8 Å². The predicted octanol–water partition coefficient (Wildman–Crippen LogP) is 4.02. The van der Waals surface area contributed by atoms with Gasteiger partial charge >= 0.3 is 0 Å². The summed E-state index contributed by atoms with van der Waals surface area (Å²) in [5.74, 6) is -1.22. The molecule has 8 heteroatoms. The highest BCUT2D eigenvalue weighted by molar-refractivity contribution is 6.07. The smallest absolute Gasteiger partial charge is 0.258 e. The molecule has 0 unspecified atom stereocenters. The number of carbonyl (C=O) groups is 2. The average Bonchev–Trinajstić information content (AvgIpc) is 2.86. The molecule has 3 rings (SSSR count). The van der Waals surface area contributed by atoms with Crippen molar-refractivity contribution < 1.29 is 14.0 Å². The number of carbonyl (C=O) groups excluding carboxylic acids is 2. The van der Waals surface area contributed by atoms with Crippen LogP contribution in [0.3, 0.4) is 0 Å². The Labute approximate surface area is 180 Å². The monoisotopic (exact) mass is 423 g/mol. The van der Waals surface area contributed by atoms with Crippen molar-refractivity contribution in [3.8, 4) is 0 Å². The fourth-order valence-electron chi connectivity index (χ4n) is 3.59. The quantitative estimate of drug-likeness (QED) is 0.500.